The molecular formula is C17H21N5. The van der Waals surface area contributed by atoms with Crippen molar-refractivity contribution in [2.75, 3.05) is 5.32 Å². The first kappa shape index (κ1) is 15.6. The van der Waals surface area contributed by atoms with E-state index in [-0.39, 0.29) is 11.9 Å². The molecule has 0 aliphatic rings. The van der Waals surface area contributed by atoms with Crippen LogP contribution in [0.2, 0.25) is 0 Å². The minimum absolute atomic E-state index is 0.153. The molecule has 0 saturated carbocycles. The topological polar surface area (TPSA) is 88.8 Å². The Morgan fingerprint density at radius 1 is 0.955 bits per heavy atom. The molecule has 2 aromatic rings. The van der Waals surface area contributed by atoms with Crippen LogP contribution in [0.15, 0.2) is 58.5 Å². The van der Waals surface area contributed by atoms with E-state index in [1.807, 2.05) is 62.4 Å². The predicted octanol–water partition coefficient (Wildman–Crippen LogP) is 2.54. The number of nitrogens with two attached hydrogens (primary N) is 2. The standard InChI is InChI=1S/C17H21N5/c1-12-7-6-8-13(2)15(12)21-17(19)22-16(18)20-11-14-9-4-3-5-10-14/h3-10H,11H2,1-2H3,(H5,18,19,20,21,22). The van der Waals surface area contributed by atoms with Gasteiger partial charge in [-0.05, 0) is 30.5 Å². The maximum absolute atomic E-state index is 5.89. The van der Waals surface area contributed by atoms with E-state index in [4.69, 9.17) is 11.5 Å². The molecule has 0 atom stereocenters. The molecule has 5 heteroatoms. The molecular weight excluding hydrogens is 274 g/mol. The van der Waals surface area contributed by atoms with Gasteiger partial charge in [-0.3, -0.25) is 0 Å². The van der Waals surface area contributed by atoms with Crippen LogP contribution in [0.5, 0.6) is 0 Å². The fraction of sp³-hybridized carbons (Fsp3) is 0.176. The maximum atomic E-state index is 5.89. The Bertz CT molecular complexity index is 669. The number of para-hydroxylation sites is 1. The Morgan fingerprint density at radius 2 is 1.59 bits per heavy atom. The van der Waals surface area contributed by atoms with Gasteiger partial charge in [-0.25, -0.2) is 4.99 Å². The van der Waals surface area contributed by atoms with Gasteiger partial charge in [0.15, 0.2) is 0 Å². The molecule has 2 rings (SSSR count). The van der Waals surface area contributed by atoms with Crippen molar-refractivity contribution in [2.24, 2.45) is 21.5 Å². The first-order valence-electron chi connectivity index (χ1n) is 7.07. The van der Waals surface area contributed by atoms with E-state index in [1.165, 1.54) is 0 Å². The molecule has 0 radical (unpaired) electrons. The summed E-state index contributed by atoms with van der Waals surface area (Å²) in [6.45, 7) is 4.50. The number of benzene rings is 2. The molecule has 0 spiro atoms. The molecule has 0 heterocycles. The monoisotopic (exact) mass is 295 g/mol. The summed E-state index contributed by atoms with van der Waals surface area (Å²) in [4.78, 5) is 8.29. The number of hydrogen-bond acceptors (Lipinski definition) is 1. The Hall–Kier alpha value is -2.82. The van der Waals surface area contributed by atoms with Crippen LogP contribution in [0.1, 0.15) is 16.7 Å². The van der Waals surface area contributed by atoms with Gasteiger partial charge in [0, 0.05) is 5.69 Å². The number of hydrogen-bond donors (Lipinski definition) is 3. The highest BCUT2D eigenvalue weighted by Gasteiger charge is 2.03. The third kappa shape index (κ3) is 4.34. The van der Waals surface area contributed by atoms with Crippen LogP contribution in [0.3, 0.4) is 0 Å². The van der Waals surface area contributed by atoms with Gasteiger partial charge >= 0.3 is 0 Å². The number of nitrogens with one attached hydrogen (secondary N) is 1. The molecule has 0 aliphatic heterocycles. The Balaban J connectivity index is 2.05. The van der Waals surface area contributed by atoms with Gasteiger partial charge in [-0.1, -0.05) is 48.5 Å². The van der Waals surface area contributed by atoms with Gasteiger partial charge in [-0.2, -0.15) is 4.99 Å². The van der Waals surface area contributed by atoms with Crippen molar-refractivity contribution in [1.29, 1.82) is 0 Å². The normalized spacial score (nSPS) is 12.3. The Morgan fingerprint density at radius 3 is 2.23 bits per heavy atom. The summed E-state index contributed by atoms with van der Waals surface area (Å²) in [7, 11) is 0. The zero-order valence-corrected chi connectivity index (χ0v) is 12.9. The Kier molecular flexibility index (Phi) is 5.14. The van der Waals surface area contributed by atoms with E-state index < -0.39 is 0 Å². The zero-order valence-electron chi connectivity index (χ0n) is 12.9. The molecule has 0 amide bonds. The minimum atomic E-state index is 0.153. The summed E-state index contributed by atoms with van der Waals surface area (Å²) < 4.78 is 0. The molecule has 114 valence electrons. The molecule has 0 saturated heterocycles. The number of aryl methyl sites for hydroxylation is 2. The summed E-state index contributed by atoms with van der Waals surface area (Å²) in [5.41, 5.74) is 15.9. The molecule has 5 N–H and O–H groups in total. The fourth-order valence-corrected chi connectivity index (χ4v) is 2.08. The van der Waals surface area contributed by atoms with Crippen LogP contribution >= 0.6 is 0 Å². The molecule has 22 heavy (non-hydrogen) atoms. The quantitative estimate of drug-likeness (QED) is 0.600. The molecule has 0 aromatic heterocycles. The van der Waals surface area contributed by atoms with E-state index in [0.717, 1.165) is 22.4 Å². The smallest absolute Gasteiger partial charge is 0.218 e. The average Bonchev–Trinajstić information content (AvgIpc) is 2.50. The van der Waals surface area contributed by atoms with Crippen molar-refractivity contribution in [3.8, 4) is 0 Å². The fourth-order valence-electron chi connectivity index (χ4n) is 2.08. The van der Waals surface area contributed by atoms with Gasteiger partial charge in [0.2, 0.25) is 11.9 Å². The van der Waals surface area contributed by atoms with Crippen LogP contribution in [-0.4, -0.2) is 11.9 Å². The van der Waals surface area contributed by atoms with Crippen molar-refractivity contribution in [2.45, 2.75) is 20.4 Å². The van der Waals surface area contributed by atoms with Crippen LogP contribution in [-0.2, 0) is 6.54 Å². The third-order valence-corrected chi connectivity index (χ3v) is 3.24. The van der Waals surface area contributed by atoms with Crippen molar-refractivity contribution in [1.82, 2.24) is 0 Å². The number of anilines is 1. The van der Waals surface area contributed by atoms with E-state index >= 15 is 0 Å². The first-order chi connectivity index (χ1) is 10.6. The summed E-state index contributed by atoms with van der Waals surface area (Å²) in [6, 6.07) is 15.9. The summed E-state index contributed by atoms with van der Waals surface area (Å²) in [5.74, 6) is 0.381. The molecule has 0 bridgehead atoms. The zero-order chi connectivity index (χ0) is 15.9. The van der Waals surface area contributed by atoms with Gasteiger partial charge in [0.1, 0.15) is 0 Å². The second-order valence-electron chi connectivity index (χ2n) is 5.05. The highest BCUT2D eigenvalue weighted by atomic mass is 15.2. The van der Waals surface area contributed by atoms with Gasteiger partial charge in [-0.15, -0.1) is 0 Å². The number of aliphatic imine (C=N–C) groups is 2. The number of rotatable bonds is 3. The SMILES string of the molecule is Cc1cccc(C)c1N/C(N)=N/C(N)=NCc1ccccc1. The van der Waals surface area contributed by atoms with Crippen molar-refractivity contribution >= 4 is 17.6 Å². The van der Waals surface area contributed by atoms with Crippen LogP contribution in [0.25, 0.3) is 0 Å². The second kappa shape index (κ2) is 7.26. The molecule has 5 nitrogen and oxygen atoms in total. The lowest BCUT2D eigenvalue weighted by Crippen LogP contribution is -2.27. The lowest BCUT2D eigenvalue weighted by Gasteiger charge is -2.11. The molecule has 0 unspecified atom stereocenters. The third-order valence-electron chi connectivity index (χ3n) is 3.24. The lowest BCUT2D eigenvalue weighted by molar-refractivity contribution is 1.05. The van der Waals surface area contributed by atoms with E-state index in [9.17, 15) is 0 Å². The summed E-state index contributed by atoms with van der Waals surface area (Å²) in [6.07, 6.45) is 0. The van der Waals surface area contributed by atoms with Crippen molar-refractivity contribution in [3.63, 3.8) is 0 Å². The average molecular weight is 295 g/mol. The number of nitrogens with zero attached hydrogens (tertiary/aromatic N) is 2. The van der Waals surface area contributed by atoms with Crippen molar-refractivity contribution in [3.05, 3.63) is 65.2 Å². The van der Waals surface area contributed by atoms with Gasteiger partial charge in [0.25, 0.3) is 0 Å². The summed E-state index contributed by atoms with van der Waals surface area (Å²) in [5, 5.41) is 3.07. The van der Waals surface area contributed by atoms with Crippen molar-refractivity contribution < 1.29 is 0 Å². The lowest BCUT2D eigenvalue weighted by atomic mass is 10.1. The van der Waals surface area contributed by atoms with E-state index in [2.05, 4.69) is 15.3 Å². The molecule has 2 aromatic carbocycles. The van der Waals surface area contributed by atoms with Gasteiger partial charge < -0.3 is 16.8 Å². The van der Waals surface area contributed by atoms with E-state index in [1.54, 1.807) is 0 Å². The van der Waals surface area contributed by atoms with Gasteiger partial charge in [0.05, 0.1) is 6.54 Å². The summed E-state index contributed by atoms with van der Waals surface area (Å²) >= 11 is 0. The minimum Gasteiger partial charge on any atom is -0.369 e. The maximum Gasteiger partial charge on any atom is 0.218 e. The second-order valence-corrected chi connectivity index (χ2v) is 5.05. The van der Waals surface area contributed by atoms with Crippen LogP contribution in [0.4, 0.5) is 5.69 Å². The Labute approximate surface area is 130 Å². The largest absolute Gasteiger partial charge is 0.369 e. The molecule has 0 aliphatic carbocycles. The first-order valence-corrected chi connectivity index (χ1v) is 7.07. The highest BCUT2D eigenvalue weighted by molar-refractivity contribution is 6.01. The van der Waals surface area contributed by atoms with E-state index in [0.29, 0.717) is 6.54 Å². The predicted molar refractivity (Wildman–Crippen MR) is 92.9 cm³/mol. The number of guanidine groups is 2. The highest BCUT2D eigenvalue weighted by Crippen LogP contribution is 2.18. The van der Waals surface area contributed by atoms with Crippen LogP contribution in [0, 0.1) is 13.8 Å². The molecule has 0 fully saturated rings. The van der Waals surface area contributed by atoms with Crippen LogP contribution < -0.4 is 16.8 Å².